The summed E-state index contributed by atoms with van der Waals surface area (Å²) in [4.78, 5) is 28.2. The molecule has 0 saturated carbocycles. The van der Waals surface area contributed by atoms with Gasteiger partial charge < -0.3 is 15.0 Å². The van der Waals surface area contributed by atoms with Crippen molar-refractivity contribution in [1.29, 1.82) is 0 Å². The van der Waals surface area contributed by atoms with Gasteiger partial charge in [-0.3, -0.25) is 13.9 Å². The van der Waals surface area contributed by atoms with Gasteiger partial charge in [-0.15, -0.1) is 0 Å². The van der Waals surface area contributed by atoms with Crippen LogP contribution < -0.4 is 14.4 Å². The molecule has 2 atom stereocenters. The molecule has 40 heavy (non-hydrogen) atoms. The van der Waals surface area contributed by atoms with E-state index in [2.05, 4.69) is 5.32 Å². The number of amides is 2. The van der Waals surface area contributed by atoms with Gasteiger partial charge in [0.25, 0.3) is 10.0 Å². The number of sulfonamides is 1. The summed E-state index contributed by atoms with van der Waals surface area (Å²) in [5.74, 6) is -0.997. The van der Waals surface area contributed by atoms with Crippen molar-refractivity contribution in [2.45, 2.75) is 50.7 Å². The minimum Gasteiger partial charge on any atom is -0.497 e. The van der Waals surface area contributed by atoms with Crippen LogP contribution in [0.2, 0.25) is 5.02 Å². The Balaban J connectivity index is 2.02. The molecule has 0 saturated heterocycles. The van der Waals surface area contributed by atoms with Gasteiger partial charge in [-0.25, -0.2) is 12.8 Å². The Morgan fingerprint density at radius 2 is 1.68 bits per heavy atom. The molecule has 0 aliphatic rings. The Morgan fingerprint density at radius 3 is 2.25 bits per heavy atom. The lowest BCUT2D eigenvalue weighted by Crippen LogP contribution is -2.52. The molecule has 0 unspecified atom stereocenters. The molecule has 8 nitrogen and oxygen atoms in total. The molecule has 3 rings (SSSR count). The normalized spacial score (nSPS) is 12.8. The van der Waals surface area contributed by atoms with E-state index in [-0.39, 0.29) is 28.2 Å². The molecule has 1 N–H and O–H groups in total. The van der Waals surface area contributed by atoms with Crippen molar-refractivity contribution >= 4 is 39.1 Å². The van der Waals surface area contributed by atoms with Crippen LogP contribution in [-0.2, 0) is 26.2 Å². The Kier molecular flexibility index (Phi) is 10.5. The summed E-state index contributed by atoms with van der Waals surface area (Å²) in [6.45, 7) is 4.68. The number of benzene rings is 3. The Bertz CT molecular complexity index is 1420. The highest BCUT2D eigenvalue weighted by Crippen LogP contribution is 2.28. The van der Waals surface area contributed by atoms with Crippen LogP contribution in [0.3, 0.4) is 0 Å². The number of carbonyl (C=O) groups excluding carboxylic acids is 2. The second-order valence-electron chi connectivity index (χ2n) is 9.31. The second-order valence-corrected chi connectivity index (χ2v) is 11.6. The predicted molar refractivity (Wildman–Crippen MR) is 153 cm³/mol. The first kappa shape index (κ1) is 30.9. The van der Waals surface area contributed by atoms with Crippen LogP contribution in [0.1, 0.15) is 32.8 Å². The summed E-state index contributed by atoms with van der Waals surface area (Å²) in [5, 5.41) is 3.15. The van der Waals surface area contributed by atoms with Gasteiger partial charge >= 0.3 is 0 Å². The van der Waals surface area contributed by atoms with Crippen molar-refractivity contribution in [2.75, 3.05) is 18.0 Å². The van der Waals surface area contributed by atoms with Crippen molar-refractivity contribution in [1.82, 2.24) is 10.2 Å². The van der Waals surface area contributed by atoms with E-state index < -0.39 is 40.2 Å². The monoisotopic (exact) mass is 589 g/mol. The maximum atomic E-state index is 13.9. The zero-order valence-electron chi connectivity index (χ0n) is 22.8. The molecule has 0 radical (unpaired) electrons. The van der Waals surface area contributed by atoms with Gasteiger partial charge in [0.1, 0.15) is 24.2 Å². The SMILES string of the molecule is CC[C@H](C)NC(=O)[C@H](C)N(Cc1ccc(F)cc1)C(=O)CN(c1cccc(Cl)c1)S(=O)(=O)c1ccc(OC)cc1. The van der Waals surface area contributed by atoms with E-state index in [1.165, 1.54) is 72.7 Å². The lowest BCUT2D eigenvalue weighted by molar-refractivity contribution is -0.139. The van der Waals surface area contributed by atoms with E-state index in [1.807, 2.05) is 13.8 Å². The number of halogens is 2. The number of methoxy groups -OCH3 is 1. The fourth-order valence-corrected chi connectivity index (χ4v) is 5.46. The molecule has 0 heterocycles. The molecular weight excluding hydrogens is 557 g/mol. The number of ether oxygens (including phenoxy) is 1. The summed E-state index contributed by atoms with van der Waals surface area (Å²) >= 11 is 6.18. The molecule has 0 aliphatic heterocycles. The van der Waals surface area contributed by atoms with Gasteiger partial charge in [0, 0.05) is 17.6 Å². The minimum atomic E-state index is -4.25. The van der Waals surface area contributed by atoms with E-state index in [0.29, 0.717) is 17.7 Å². The molecule has 2 amide bonds. The third kappa shape index (κ3) is 7.73. The number of hydrogen-bond acceptors (Lipinski definition) is 5. The van der Waals surface area contributed by atoms with Crippen molar-refractivity contribution in [3.63, 3.8) is 0 Å². The molecular formula is C29H33ClFN3O5S. The van der Waals surface area contributed by atoms with Crippen LogP contribution in [0.5, 0.6) is 5.75 Å². The van der Waals surface area contributed by atoms with E-state index in [0.717, 1.165) is 4.31 Å². The van der Waals surface area contributed by atoms with Gasteiger partial charge in [-0.05, 0) is 80.4 Å². The van der Waals surface area contributed by atoms with Crippen LogP contribution in [0.4, 0.5) is 10.1 Å². The number of rotatable bonds is 12. The first-order chi connectivity index (χ1) is 19.0. The average molecular weight is 590 g/mol. The van der Waals surface area contributed by atoms with Gasteiger partial charge in [0.2, 0.25) is 11.8 Å². The average Bonchev–Trinajstić information content (AvgIpc) is 2.94. The lowest BCUT2D eigenvalue weighted by atomic mass is 10.1. The highest BCUT2D eigenvalue weighted by Gasteiger charge is 2.33. The number of carbonyl (C=O) groups is 2. The first-order valence-corrected chi connectivity index (χ1v) is 14.5. The van der Waals surface area contributed by atoms with Crippen molar-refractivity contribution in [2.24, 2.45) is 0 Å². The van der Waals surface area contributed by atoms with E-state index in [1.54, 1.807) is 19.1 Å². The fraction of sp³-hybridized carbons (Fsp3) is 0.310. The largest absolute Gasteiger partial charge is 0.497 e. The molecule has 0 spiro atoms. The Morgan fingerprint density at radius 1 is 1.02 bits per heavy atom. The highest BCUT2D eigenvalue weighted by atomic mass is 35.5. The zero-order chi connectivity index (χ0) is 29.4. The summed E-state index contributed by atoms with van der Waals surface area (Å²) in [7, 11) is -2.78. The van der Waals surface area contributed by atoms with E-state index >= 15 is 0 Å². The van der Waals surface area contributed by atoms with Gasteiger partial charge in [0.05, 0.1) is 17.7 Å². The molecule has 11 heteroatoms. The molecule has 0 aromatic heterocycles. The molecule has 3 aromatic rings. The van der Waals surface area contributed by atoms with Crippen molar-refractivity contribution < 1.29 is 27.1 Å². The number of hydrogen-bond donors (Lipinski definition) is 1. The molecule has 3 aromatic carbocycles. The quantitative estimate of drug-likeness (QED) is 0.320. The van der Waals surface area contributed by atoms with Crippen molar-refractivity contribution in [3.05, 3.63) is 89.2 Å². The molecule has 0 bridgehead atoms. The molecule has 214 valence electrons. The summed E-state index contributed by atoms with van der Waals surface area (Å²) in [6, 6.07) is 16.4. The number of nitrogens with zero attached hydrogens (tertiary/aromatic N) is 2. The van der Waals surface area contributed by atoms with E-state index in [4.69, 9.17) is 16.3 Å². The first-order valence-electron chi connectivity index (χ1n) is 12.7. The van der Waals surface area contributed by atoms with Gasteiger partial charge in [0.15, 0.2) is 0 Å². The Hall–Kier alpha value is -3.63. The maximum Gasteiger partial charge on any atom is 0.264 e. The standard InChI is InChI=1S/C29H33ClFN3O5S/c1-5-20(2)32-29(36)21(3)33(18-22-9-11-24(31)12-10-22)28(35)19-34(25-8-6-7-23(30)17-25)40(37,38)27-15-13-26(39-4)14-16-27/h6-17,20-21H,5,18-19H2,1-4H3,(H,32,36)/t20-,21-/m0/s1. The number of nitrogens with one attached hydrogen (secondary N) is 1. The smallest absolute Gasteiger partial charge is 0.264 e. The molecule has 0 aliphatic carbocycles. The van der Waals surface area contributed by atoms with Crippen LogP contribution in [0, 0.1) is 5.82 Å². The highest BCUT2D eigenvalue weighted by molar-refractivity contribution is 7.92. The third-order valence-electron chi connectivity index (χ3n) is 6.46. The van der Waals surface area contributed by atoms with Crippen LogP contribution in [-0.4, -0.2) is 50.9 Å². The van der Waals surface area contributed by atoms with Crippen LogP contribution in [0.25, 0.3) is 0 Å². The second kappa shape index (κ2) is 13.6. The van der Waals surface area contributed by atoms with E-state index in [9.17, 15) is 22.4 Å². The summed E-state index contributed by atoms with van der Waals surface area (Å²) < 4.78 is 47.3. The Labute approximate surface area is 239 Å². The van der Waals surface area contributed by atoms with Crippen LogP contribution in [0.15, 0.2) is 77.7 Å². The number of anilines is 1. The van der Waals surface area contributed by atoms with Gasteiger partial charge in [-0.1, -0.05) is 36.7 Å². The lowest BCUT2D eigenvalue weighted by Gasteiger charge is -2.32. The fourth-order valence-electron chi connectivity index (χ4n) is 3.87. The minimum absolute atomic E-state index is 0.0415. The predicted octanol–water partition coefficient (Wildman–Crippen LogP) is 5.02. The van der Waals surface area contributed by atoms with Crippen molar-refractivity contribution in [3.8, 4) is 5.75 Å². The van der Waals surface area contributed by atoms with Crippen LogP contribution >= 0.6 is 11.6 Å². The maximum absolute atomic E-state index is 13.9. The summed E-state index contributed by atoms with van der Waals surface area (Å²) in [5.41, 5.74) is 0.750. The zero-order valence-corrected chi connectivity index (χ0v) is 24.4. The summed E-state index contributed by atoms with van der Waals surface area (Å²) in [6.07, 6.45) is 0.688. The molecule has 0 fully saturated rings. The topological polar surface area (TPSA) is 96.0 Å². The van der Waals surface area contributed by atoms with Gasteiger partial charge in [-0.2, -0.15) is 0 Å². The third-order valence-corrected chi connectivity index (χ3v) is 8.48.